The average Bonchev–Trinajstić information content (AvgIpc) is 2.74. The highest BCUT2D eigenvalue weighted by Crippen LogP contribution is 2.30. The number of aryl methyl sites for hydroxylation is 2. The minimum Gasteiger partial charge on any atom is -0.474 e. The van der Waals surface area contributed by atoms with Crippen LogP contribution >= 0.6 is 0 Å². The van der Waals surface area contributed by atoms with Crippen LogP contribution in [0.4, 0.5) is 13.2 Å². The third-order valence-electron chi connectivity index (χ3n) is 5.98. The molecule has 1 N–H and O–H groups in total. The lowest BCUT2D eigenvalue weighted by molar-refractivity contribution is -0.137. The Balaban J connectivity index is 1.31. The van der Waals surface area contributed by atoms with Gasteiger partial charge in [-0.05, 0) is 80.7 Å². The lowest BCUT2D eigenvalue weighted by Gasteiger charge is -2.29. The van der Waals surface area contributed by atoms with Crippen molar-refractivity contribution < 1.29 is 26.3 Å². The van der Waals surface area contributed by atoms with Crippen LogP contribution in [0.25, 0.3) is 0 Å². The predicted molar refractivity (Wildman–Crippen MR) is 109 cm³/mol. The first-order valence-corrected chi connectivity index (χ1v) is 12.0. The van der Waals surface area contributed by atoms with E-state index in [0.717, 1.165) is 43.5 Å². The van der Waals surface area contributed by atoms with Gasteiger partial charge in [-0.2, -0.15) is 13.2 Å². The highest BCUT2D eigenvalue weighted by Gasteiger charge is 2.31. The number of fused-ring (bicyclic) bond motifs is 1. The zero-order valence-electron chi connectivity index (χ0n) is 17.0. The third-order valence-corrected chi connectivity index (χ3v) is 7.50. The number of hydrogen-bond acceptors (Lipinski definition) is 4. The van der Waals surface area contributed by atoms with Crippen LogP contribution in [0, 0.1) is 0 Å². The van der Waals surface area contributed by atoms with Crippen LogP contribution in [0.5, 0.6) is 5.88 Å². The number of hydrogen-bond donors (Lipinski definition) is 1. The molecule has 5 nitrogen and oxygen atoms in total. The summed E-state index contributed by atoms with van der Waals surface area (Å²) in [4.78, 5) is 4.04. The van der Waals surface area contributed by atoms with Crippen LogP contribution < -0.4 is 9.46 Å². The van der Waals surface area contributed by atoms with Crippen LogP contribution in [-0.4, -0.2) is 25.5 Å². The molecule has 0 aliphatic heterocycles. The molecule has 0 bridgehead atoms. The van der Waals surface area contributed by atoms with Gasteiger partial charge in [-0.15, -0.1) is 0 Å². The van der Waals surface area contributed by atoms with E-state index in [-0.39, 0.29) is 18.0 Å². The molecule has 0 unspecified atom stereocenters. The summed E-state index contributed by atoms with van der Waals surface area (Å²) in [6, 6.07) is 7.36. The number of ether oxygens (including phenoxy) is 1. The molecule has 0 spiro atoms. The molecule has 0 saturated heterocycles. The Labute approximate surface area is 180 Å². The number of aromatic nitrogens is 1. The Bertz CT molecular complexity index is 1020. The maximum Gasteiger partial charge on any atom is 0.417 e. The van der Waals surface area contributed by atoms with Crippen LogP contribution in [0.3, 0.4) is 0 Å². The molecule has 2 aliphatic rings. The summed E-state index contributed by atoms with van der Waals surface area (Å²) in [5.41, 5.74) is 1.54. The molecule has 168 valence electrons. The summed E-state index contributed by atoms with van der Waals surface area (Å²) in [6.45, 7) is 0. The van der Waals surface area contributed by atoms with Gasteiger partial charge >= 0.3 is 6.18 Å². The average molecular weight is 455 g/mol. The SMILES string of the molecule is O=S(=O)(NC1CCC(Oc2ccc(C(F)(F)F)cn2)CC1)c1ccc2c(c1)CCCC2. The van der Waals surface area contributed by atoms with Gasteiger partial charge in [-0.1, -0.05) is 6.07 Å². The maximum absolute atomic E-state index is 12.8. The van der Waals surface area contributed by atoms with Gasteiger partial charge in [-0.25, -0.2) is 18.1 Å². The molecular formula is C22H25F3N2O3S. The number of rotatable bonds is 5. The standard InChI is InChI=1S/C22H25F3N2O3S/c23-22(24,25)17-6-12-21(26-14-17)30-19-9-7-18(8-10-19)27-31(28,29)20-11-5-15-3-1-2-4-16(15)13-20/h5-6,11-14,18-19,27H,1-4,7-10H2. The molecule has 2 aromatic rings. The second-order valence-corrected chi connectivity index (χ2v) is 9.95. The van der Waals surface area contributed by atoms with Gasteiger partial charge in [0, 0.05) is 18.3 Å². The third kappa shape index (κ3) is 5.38. The van der Waals surface area contributed by atoms with Crippen molar-refractivity contribution in [2.45, 2.75) is 74.6 Å². The van der Waals surface area contributed by atoms with Crippen molar-refractivity contribution in [2.24, 2.45) is 0 Å². The van der Waals surface area contributed by atoms with Crippen LogP contribution in [0.2, 0.25) is 0 Å². The van der Waals surface area contributed by atoms with Crippen molar-refractivity contribution in [3.05, 3.63) is 53.2 Å². The van der Waals surface area contributed by atoms with Gasteiger partial charge in [-0.3, -0.25) is 0 Å². The van der Waals surface area contributed by atoms with Crippen molar-refractivity contribution >= 4 is 10.0 Å². The Morgan fingerprint density at radius 1 is 0.968 bits per heavy atom. The summed E-state index contributed by atoms with van der Waals surface area (Å²) in [5.74, 6) is 0.145. The quantitative estimate of drug-likeness (QED) is 0.714. The molecule has 0 atom stereocenters. The fourth-order valence-corrected chi connectivity index (χ4v) is 5.61. The zero-order valence-corrected chi connectivity index (χ0v) is 17.8. The van der Waals surface area contributed by atoms with Gasteiger partial charge in [0.05, 0.1) is 10.5 Å². The van der Waals surface area contributed by atoms with Crippen molar-refractivity contribution in [2.75, 3.05) is 0 Å². The summed E-state index contributed by atoms with van der Waals surface area (Å²) >= 11 is 0. The van der Waals surface area contributed by atoms with Gasteiger partial charge in [0.1, 0.15) is 6.10 Å². The summed E-state index contributed by atoms with van der Waals surface area (Å²) in [6.07, 6.45) is 2.65. The van der Waals surface area contributed by atoms with Gasteiger partial charge in [0.25, 0.3) is 0 Å². The minimum absolute atomic E-state index is 0.145. The molecule has 0 radical (unpaired) electrons. The summed E-state index contributed by atoms with van der Waals surface area (Å²) in [7, 11) is -3.60. The second-order valence-electron chi connectivity index (χ2n) is 8.23. The first kappa shape index (κ1) is 22.1. The monoisotopic (exact) mass is 454 g/mol. The van der Waals surface area contributed by atoms with E-state index in [1.54, 1.807) is 12.1 Å². The number of halogens is 3. The van der Waals surface area contributed by atoms with Crippen molar-refractivity contribution in [3.63, 3.8) is 0 Å². The van der Waals surface area contributed by atoms with Gasteiger partial charge in [0.2, 0.25) is 15.9 Å². The number of benzene rings is 1. The van der Waals surface area contributed by atoms with E-state index in [9.17, 15) is 21.6 Å². The van der Waals surface area contributed by atoms with E-state index in [0.29, 0.717) is 30.6 Å². The van der Waals surface area contributed by atoms with Crippen LogP contribution in [-0.2, 0) is 29.0 Å². The van der Waals surface area contributed by atoms with Crippen molar-refractivity contribution in [3.8, 4) is 5.88 Å². The van der Waals surface area contributed by atoms with E-state index in [1.807, 2.05) is 6.07 Å². The molecule has 1 saturated carbocycles. The highest BCUT2D eigenvalue weighted by molar-refractivity contribution is 7.89. The molecule has 1 aromatic heterocycles. The second kappa shape index (κ2) is 8.78. The van der Waals surface area contributed by atoms with E-state index in [1.165, 1.54) is 11.6 Å². The molecule has 9 heteroatoms. The molecule has 2 aliphatic carbocycles. The minimum atomic E-state index is -4.43. The largest absolute Gasteiger partial charge is 0.474 e. The zero-order chi connectivity index (χ0) is 22.1. The summed E-state index contributed by atoms with van der Waals surface area (Å²) < 4.78 is 72.0. The molecule has 1 fully saturated rings. The van der Waals surface area contributed by atoms with Crippen LogP contribution in [0.1, 0.15) is 55.2 Å². The molecule has 31 heavy (non-hydrogen) atoms. The molecule has 0 amide bonds. The topological polar surface area (TPSA) is 68.3 Å². The molecular weight excluding hydrogens is 429 g/mol. The van der Waals surface area contributed by atoms with E-state index in [4.69, 9.17) is 4.74 Å². The number of nitrogens with zero attached hydrogens (tertiary/aromatic N) is 1. The summed E-state index contributed by atoms with van der Waals surface area (Å²) in [5, 5.41) is 0. The number of nitrogens with one attached hydrogen (secondary N) is 1. The Morgan fingerprint density at radius 3 is 2.32 bits per heavy atom. The maximum atomic E-state index is 12.8. The smallest absolute Gasteiger partial charge is 0.417 e. The Morgan fingerprint density at radius 2 is 1.68 bits per heavy atom. The lowest BCUT2D eigenvalue weighted by Crippen LogP contribution is -2.39. The van der Waals surface area contributed by atoms with E-state index >= 15 is 0 Å². The molecule has 1 aromatic carbocycles. The Hall–Kier alpha value is -2.13. The van der Waals surface area contributed by atoms with Gasteiger partial charge in [0.15, 0.2) is 0 Å². The first-order valence-electron chi connectivity index (χ1n) is 10.5. The normalized spacial score (nSPS) is 22.0. The van der Waals surface area contributed by atoms with Gasteiger partial charge < -0.3 is 4.74 Å². The number of alkyl halides is 3. The van der Waals surface area contributed by atoms with Crippen molar-refractivity contribution in [1.82, 2.24) is 9.71 Å². The molecule has 1 heterocycles. The lowest BCUT2D eigenvalue weighted by atomic mass is 9.92. The Kier molecular flexibility index (Phi) is 6.25. The van der Waals surface area contributed by atoms with Crippen molar-refractivity contribution in [1.29, 1.82) is 0 Å². The van der Waals surface area contributed by atoms with E-state index < -0.39 is 21.8 Å². The number of pyridine rings is 1. The molecule has 4 rings (SSSR count). The first-order chi connectivity index (χ1) is 14.7. The fourth-order valence-electron chi connectivity index (χ4n) is 4.25. The van der Waals surface area contributed by atoms with Crippen LogP contribution in [0.15, 0.2) is 41.4 Å². The van der Waals surface area contributed by atoms with E-state index in [2.05, 4.69) is 9.71 Å². The predicted octanol–water partition coefficient (Wildman–Crippen LogP) is 4.65. The number of sulfonamides is 1. The highest BCUT2D eigenvalue weighted by atomic mass is 32.2. The fraction of sp³-hybridized carbons (Fsp3) is 0.500.